The predicted octanol–water partition coefficient (Wildman–Crippen LogP) is 5.05. The van der Waals surface area contributed by atoms with E-state index in [9.17, 15) is 19.7 Å². The van der Waals surface area contributed by atoms with Gasteiger partial charge >= 0.3 is 5.69 Å². The van der Waals surface area contributed by atoms with Gasteiger partial charge in [-0.1, -0.05) is 63.9 Å². The quantitative estimate of drug-likeness (QED) is 0.209. The summed E-state index contributed by atoms with van der Waals surface area (Å²) in [6.07, 6.45) is 1.28. The molecule has 33 heavy (non-hydrogen) atoms. The minimum atomic E-state index is -0.636. The molecule has 1 saturated heterocycles. The van der Waals surface area contributed by atoms with Crippen molar-refractivity contribution in [1.82, 2.24) is 5.43 Å². The minimum absolute atomic E-state index is 0.0470. The molecule has 3 aromatic rings. The second kappa shape index (κ2) is 9.43. The van der Waals surface area contributed by atoms with E-state index in [1.165, 1.54) is 18.2 Å². The Morgan fingerprint density at radius 2 is 1.79 bits per heavy atom. The highest BCUT2D eigenvalue weighted by atomic mass is 79.9. The summed E-state index contributed by atoms with van der Waals surface area (Å²) in [5.41, 5.74) is 3.29. The molecular weight excluding hydrogens is 514 g/mol. The van der Waals surface area contributed by atoms with Gasteiger partial charge in [0.25, 0.3) is 11.8 Å². The van der Waals surface area contributed by atoms with Crippen LogP contribution in [-0.2, 0) is 16.2 Å². The Hall–Kier alpha value is -3.69. The first kappa shape index (κ1) is 22.5. The molecule has 0 saturated carbocycles. The highest BCUT2D eigenvalue weighted by molar-refractivity contribution is 9.10. The van der Waals surface area contributed by atoms with E-state index in [1.54, 1.807) is 54.6 Å². The number of carbonyl (C=O) groups excluding carboxylic acids is 2. The summed E-state index contributed by atoms with van der Waals surface area (Å²) in [6, 6.07) is 18.3. The summed E-state index contributed by atoms with van der Waals surface area (Å²) in [5, 5.41) is 13.3. The molecule has 0 atom stereocenters. The van der Waals surface area contributed by atoms with Gasteiger partial charge < -0.3 is 4.74 Å². The van der Waals surface area contributed by atoms with Crippen molar-refractivity contribution in [2.45, 2.75) is 6.61 Å². The molecule has 2 amide bonds. The predicted molar refractivity (Wildman–Crippen MR) is 127 cm³/mol. The number of ether oxygens (including phenoxy) is 1. The zero-order chi connectivity index (χ0) is 23.5. The molecule has 0 radical (unpaired) electrons. The second-order valence-electron chi connectivity index (χ2n) is 6.96. The van der Waals surface area contributed by atoms with Gasteiger partial charge in [0.1, 0.15) is 12.2 Å². The van der Waals surface area contributed by atoms with E-state index in [0.717, 1.165) is 5.01 Å². The number of hydrogen-bond donors (Lipinski definition) is 1. The molecule has 0 bridgehead atoms. The van der Waals surface area contributed by atoms with Crippen LogP contribution in [0.3, 0.4) is 0 Å². The molecule has 1 fully saturated rings. The lowest BCUT2D eigenvalue weighted by Gasteiger charge is -2.14. The van der Waals surface area contributed by atoms with Crippen LogP contribution in [0.1, 0.15) is 11.1 Å². The van der Waals surface area contributed by atoms with Gasteiger partial charge in [0.15, 0.2) is 0 Å². The number of amides is 2. The maximum absolute atomic E-state index is 12.9. The van der Waals surface area contributed by atoms with Crippen molar-refractivity contribution in [3.63, 3.8) is 0 Å². The van der Waals surface area contributed by atoms with E-state index in [-0.39, 0.29) is 29.2 Å². The van der Waals surface area contributed by atoms with Gasteiger partial charge in [-0.05, 0) is 30.3 Å². The van der Waals surface area contributed by atoms with Crippen molar-refractivity contribution < 1.29 is 19.2 Å². The number of anilines is 1. The first-order chi connectivity index (χ1) is 15.8. The fourth-order valence-corrected chi connectivity index (χ4v) is 3.89. The molecule has 0 unspecified atom stereocenters. The lowest BCUT2D eigenvalue weighted by atomic mass is 10.1. The van der Waals surface area contributed by atoms with E-state index in [4.69, 9.17) is 16.3 Å². The molecule has 0 spiro atoms. The fraction of sp³-hybridized carbons (Fsp3) is 0.0435. The van der Waals surface area contributed by atoms with E-state index < -0.39 is 16.7 Å². The summed E-state index contributed by atoms with van der Waals surface area (Å²) < 4.78 is 6.18. The van der Waals surface area contributed by atoms with Crippen molar-refractivity contribution in [2.24, 2.45) is 0 Å². The Labute approximate surface area is 201 Å². The van der Waals surface area contributed by atoms with E-state index >= 15 is 0 Å². The van der Waals surface area contributed by atoms with Crippen LogP contribution in [0.5, 0.6) is 5.75 Å². The zero-order valence-electron chi connectivity index (χ0n) is 16.8. The van der Waals surface area contributed by atoms with E-state index in [2.05, 4.69) is 21.4 Å². The minimum Gasteiger partial charge on any atom is -0.481 e. The standard InChI is InChI=1S/C23H15BrClN3O5/c24-16-10-15(11-18-22(29)26-27(23(18)30)17-7-2-1-3-8-17)21(20(12-16)28(31)32)33-13-14-6-4-5-9-19(14)25/h1-12H,13H2,(H,26,29)/b18-11-. The number of carbonyl (C=O) groups is 2. The third kappa shape index (κ3) is 4.74. The maximum atomic E-state index is 12.9. The number of nitro groups is 1. The maximum Gasteiger partial charge on any atom is 0.312 e. The largest absolute Gasteiger partial charge is 0.481 e. The average Bonchev–Trinajstić information content (AvgIpc) is 3.08. The Bertz CT molecular complexity index is 1300. The lowest BCUT2D eigenvalue weighted by Crippen LogP contribution is -2.35. The highest BCUT2D eigenvalue weighted by Crippen LogP contribution is 2.37. The average molecular weight is 529 g/mol. The summed E-state index contributed by atoms with van der Waals surface area (Å²) in [4.78, 5) is 36.6. The number of rotatable bonds is 6. The number of halogens is 2. The van der Waals surface area contributed by atoms with Crippen LogP contribution in [0.25, 0.3) is 6.08 Å². The van der Waals surface area contributed by atoms with Gasteiger partial charge in [0.2, 0.25) is 5.75 Å². The van der Waals surface area contributed by atoms with Gasteiger partial charge in [-0.25, -0.2) is 5.01 Å². The molecule has 8 nitrogen and oxygen atoms in total. The normalized spacial score (nSPS) is 14.5. The van der Waals surface area contributed by atoms with Crippen LogP contribution in [0.15, 0.2) is 76.8 Å². The molecule has 1 aliphatic heterocycles. The Morgan fingerprint density at radius 3 is 2.48 bits per heavy atom. The van der Waals surface area contributed by atoms with Crippen molar-refractivity contribution in [3.05, 3.63) is 103 Å². The zero-order valence-corrected chi connectivity index (χ0v) is 19.2. The van der Waals surface area contributed by atoms with Crippen LogP contribution in [0.2, 0.25) is 5.02 Å². The van der Waals surface area contributed by atoms with Crippen LogP contribution < -0.4 is 15.2 Å². The van der Waals surface area contributed by atoms with Crippen molar-refractivity contribution in [3.8, 4) is 5.75 Å². The summed E-state index contributed by atoms with van der Waals surface area (Å²) in [5.74, 6) is -1.32. The van der Waals surface area contributed by atoms with Crippen LogP contribution in [0, 0.1) is 10.1 Å². The number of nitrogens with zero attached hydrogens (tertiary/aromatic N) is 2. The molecule has 0 aliphatic carbocycles. The van der Waals surface area contributed by atoms with Crippen molar-refractivity contribution in [1.29, 1.82) is 0 Å². The number of nitrogens with one attached hydrogen (secondary N) is 1. The molecule has 1 heterocycles. The first-order valence-corrected chi connectivity index (χ1v) is 10.8. The van der Waals surface area contributed by atoms with Gasteiger partial charge in [-0.3, -0.25) is 25.1 Å². The molecule has 166 valence electrons. The topological polar surface area (TPSA) is 102 Å². The monoisotopic (exact) mass is 527 g/mol. The van der Waals surface area contributed by atoms with Crippen LogP contribution >= 0.6 is 27.5 Å². The van der Waals surface area contributed by atoms with Crippen molar-refractivity contribution in [2.75, 3.05) is 5.01 Å². The van der Waals surface area contributed by atoms with Crippen LogP contribution in [-0.4, -0.2) is 16.7 Å². The molecule has 3 aromatic carbocycles. The fourth-order valence-electron chi connectivity index (χ4n) is 3.24. The van der Waals surface area contributed by atoms with Gasteiger partial charge in [-0.2, -0.15) is 0 Å². The third-order valence-corrected chi connectivity index (χ3v) is 5.62. The summed E-state index contributed by atoms with van der Waals surface area (Å²) in [6.45, 7) is -0.0470. The number of benzene rings is 3. The molecule has 1 aliphatic rings. The van der Waals surface area contributed by atoms with E-state index in [1.807, 2.05) is 0 Å². The third-order valence-electron chi connectivity index (χ3n) is 4.80. The Morgan fingerprint density at radius 1 is 1.09 bits per heavy atom. The number of hydrogen-bond acceptors (Lipinski definition) is 5. The van der Waals surface area contributed by atoms with Crippen molar-refractivity contribution >= 4 is 56.8 Å². The number of hydrazine groups is 1. The number of nitro benzene ring substituents is 1. The second-order valence-corrected chi connectivity index (χ2v) is 8.28. The van der Waals surface area contributed by atoms with Gasteiger partial charge in [0, 0.05) is 26.7 Å². The highest BCUT2D eigenvalue weighted by Gasteiger charge is 2.35. The molecule has 0 aromatic heterocycles. The Balaban J connectivity index is 1.74. The number of para-hydroxylation sites is 1. The lowest BCUT2D eigenvalue weighted by molar-refractivity contribution is -0.386. The van der Waals surface area contributed by atoms with Gasteiger partial charge in [-0.15, -0.1) is 0 Å². The van der Waals surface area contributed by atoms with Crippen LogP contribution in [0.4, 0.5) is 11.4 Å². The van der Waals surface area contributed by atoms with Gasteiger partial charge in [0.05, 0.1) is 10.6 Å². The van der Waals surface area contributed by atoms with E-state index in [0.29, 0.717) is 20.7 Å². The molecular formula is C23H15BrClN3O5. The summed E-state index contributed by atoms with van der Waals surface area (Å²) in [7, 11) is 0. The summed E-state index contributed by atoms with van der Waals surface area (Å²) >= 11 is 9.42. The molecule has 4 rings (SSSR count). The molecule has 1 N–H and O–H groups in total. The first-order valence-electron chi connectivity index (χ1n) is 9.61. The Kier molecular flexibility index (Phi) is 6.43. The molecule has 10 heteroatoms. The SMILES string of the molecule is O=C1NN(c2ccccc2)C(=O)/C1=C\c1cc(Br)cc([N+](=O)[O-])c1OCc1ccccc1Cl. The smallest absolute Gasteiger partial charge is 0.312 e.